The fourth-order valence-corrected chi connectivity index (χ4v) is 5.53. The molecule has 37 heavy (non-hydrogen) atoms. The molecule has 0 unspecified atom stereocenters. The molecule has 3 aromatic rings. The van der Waals surface area contributed by atoms with E-state index in [9.17, 15) is 18.0 Å². The number of hydrogen-bond donors (Lipinski definition) is 1. The highest BCUT2D eigenvalue weighted by Crippen LogP contribution is 2.27. The van der Waals surface area contributed by atoms with Crippen molar-refractivity contribution in [2.75, 3.05) is 10.8 Å². The molecule has 0 saturated carbocycles. The maximum absolute atomic E-state index is 13.8. The standard InChI is InChI=1S/C27H29BrClN3O4S/c1-19(2)30-27(34)20(3)31(17-21-12-14-22(28)15-13-21)26(33)18-32(24-9-7-8-23(29)16-24)37(35,36)25-10-5-4-6-11-25/h4-16,19-20H,17-18H2,1-3H3,(H,30,34)/t20-/m1/s1. The average molecular weight is 607 g/mol. The van der Waals surface area contributed by atoms with Crippen molar-refractivity contribution < 1.29 is 18.0 Å². The SMILES string of the molecule is CC(C)NC(=O)[C@@H](C)N(Cc1ccc(Br)cc1)C(=O)CN(c1cccc(Cl)c1)S(=O)(=O)c1ccccc1. The molecule has 0 saturated heterocycles. The first-order valence-corrected chi connectivity index (χ1v) is 14.3. The summed E-state index contributed by atoms with van der Waals surface area (Å²) in [6, 6.07) is 20.6. The monoisotopic (exact) mass is 605 g/mol. The Morgan fingerprint density at radius 1 is 0.946 bits per heavy atom. The minimum Gasteiger partial charge on any atom is -0.352 e. The summed E-state index contributed by atoms with van der Waals surface area (Å²) < 4.78 is 29.3. The number of halogens is 2. The molecule has 3 rings (SSSR count). The molecule has 0 aliphatic rings. The van der Waals surface area contributed by atoms with Crippen LogP contribution >= 0.6 is 27.5 Å². The number of anilines is 1. The van der Waals surface area contributed by atoms with Gasteiger partial charge in [0, 0.05) is 22.1 Å². The highest BCUT2D eigenvalue weighted by molar-refractivity contribution is 9.10. The summed E-state index contributed by atoms with van der Waals surface area (Å²) in [6.07, 6.45) is 0. The Morgan fingerprint density at radius 3 is 2.19 bits per heavy atom. The molecule has 1 atom stereocenters. The van der Waals surface area contributed by atoms with E-state index >= 15 is 0 Å². The van der Waals surface area contributed by atoms with Gasteiger partial charge in [-0.05, 0) is 68.8 Å². The first-order chi connectivity index (χ1) is 17.5. The maximum Gasteiger partial charge on any atom is 0.264 e. The van der Waals surface area contributed by atoms with Gasteiger partial charge in [-0.3, -0.25) is 13.9 Å². The van der Waals surface area contributed by atoms with E-state index in [1.54, 1.807) is 43.3 Å². The summed E-state index contributed by atoms with van der Waals surface area (Å²) in [5, 5.41) is 3.16. The van der Waals surface area contributed by atoms with Crippen molar-refractivity contribution in [1.29, 1.82) is 0 Å². The average Bonchev–Trinajstić information content (AvgIpc) is 2.86. The van der Waals surface area contributed by atoms with Crippen LogP contribution in [0.1, 0.15) is 26.3 Å². The van der Waals surface area contributed by atoms with Crippen LogP contribution < -0.4 is 9.62 Å². The quantitative estimate of drug-likeness (QED) is 0.342. The Kier molecular flexibility index (Phi) is 9.75. The van der Waals surface area contributed by atoms with E-state index < -0.39 is 28.5 Å². The first-order valence-electron chi connectivity index (χ1n) is 11.7. The lowest BCUT2D eigenvalue weighted by atomic mass is 10.1. The normalized spacial score (nSPS) is 12.2. The van der Waals surface area contributed by atoms with E-state index in [1.165, 1.54) is 23.1 Å². The van der Waals surface area contributed by atoms with E-state index in [2.05, 4.69) is 21.2 Å². The molecule has 7 nitrogen and oxygen atoms in total. The number of benzene rings is 3. The molecule has 0 fully saturated rings. The molecule has 1 N–H and O–H groups in total. The second-order valence-corrected chi connectivity index (χ2v) is 12.0. The van der Waals surface area contributed by atoms with E-state index in [1.807, 2.05) is 38.1 Å². The summed E-state index contributed by atoms with van der Waals surface area (Å²) in [7, 11) is -4.12. The largest absolute Gasteiger partial charge is 0.352 e. The van der Waals surface area contributed by atoms with Crippen molar-refractivity contribution in [3.8, 4) is 0 Å². The summed E-state index contributed by atoms with van der Waals surface area (Å²) in [4.78, 5) is 28.1. The molecule has 3 aromatic carbocycles. The molecule has 0 aliphatic heterocycles. The molecule has 196 valence electrons. The minimum absolute atomic E-state index is 0.0350. The molecular weight excluding hydrogens is 578 g/mol. The zero-order chi connectivity index (χ0) is 27.2. The lowest BCUT2D eigenvalue weighted by Gasteiger charge is -2.32. The Balaban J connectivity index is 2.01. The van der Waals surface area contributed by atoms with Gasteiger partial charge < -0.3 is 10.2 Å². The molecule has 0 aromatic heterocycles. The third-order valence-electron chi connectivity index (χ3n) is 5.57. The van der Waals surface area contributed by atoms with Crippen LogP contribution in [0, 0.1) is 0 Å². The third kappa shape index (κ3) is 7.56. The molecule has 0 aliphatic carbocycles. The van der Waals surface area contributed by atoms with Gasteiger partial charge in [-0.15, -0.1) is 0 Å². The van der Waals surface area contributed by atoms with Crippen LogP contribution in [0.3, 0.4) is 0 Å². The minimum atomic E-state index is -4.12. The van der Waals surface area contributed by atoms with Crippen LogP contribution in [0.25, 0.3) is 0 Å². The van der Waals surface area contributed by atoms with E-state index in [4.69, 9.17) is 11.6 Å². The van der Waals surface area contributed by atoms with Crippen LogP contribution in [0.5, 0.6) is 0 Å². The predicted octanol–water partition coefficient (Wildman–Crippen LogP) is 5.24. The van der Waals surface area contributed by atoms with Crippen LogP contribution in [0.4, 0.5) is 5.69 Å². The molecule has 0 spiro atoms. The second kappa shape index (κ2) is 12.6. The topological polar surface area (TPSA) is 86.8 Å². The second-order valence-electron chi connectivity index (χ2n) is 8.79. The van der Waals surface area contributed by atoms with Gasteiger partial charge in [0.2, 0.25) is 11.8 Å². The molecule has 10 heteroatoms. The smallest absolute Gasteiger partial charge is 0.264 e. The van der Waals surface area contributed by atoms with Gasteiger partial charge >= 0.3 is 0 Å². The van der Waals surface area contributed by atoms with Gasteiger partial charge in [0.05, 0.1) is 10.6 Å². The number of carbonyl (C=O) groups is 2. The highest BCUT2D eigenvalue weighted by atomic mass is 79.9. The fraction of sp³-hybridized carbons (Fsp3) is 0.259. The van der Waals surface area contributed by atoms with E-state index in [0.29, 0.717) is 5.02 Å². The van der Waals surface area contributed by atoms with Gasteiger partial charge in [0.15, 0.2) is 0 Å². The zero-order valence-electron chi connectivity index (χ0n) is 20.8. The van der Waals surface area contributed by atoms with Crippen molar-refractivity contribution >= 4 is 55.1 Å². The van der Waals surface area contributed by atoms with Crippen LogP contribution in [-0.2, 0) is 26.2 Å². The Bertz CT molecular complexity index is 1340. The number of carbonyl (C=O) groups excluding carboxylic acids is 2. The molecule has 0 radical (unpaired) electrons. The van der Waals surface area contributed by atoms with Gasteiger partial charge in [0.25, 0.3) is 10.0 Å². The molecule has 0 heterocycles. The number of sulfonamides is 1. The third-order valence-corrected chi connectivity index (χ3v) is 8.12. The number of nitrogens with zero attached hydrogens (tertiary/aromatic N) is 2. The van der Waals surface area contributed by atoms with Crippen LogP contribution in [0.15, 0.2) is 88.2 Å². The summed E-state index contributed by atoms with van der Waals surface area (Å²) in [5.74, 6) is -0.866. The summed E-state index contributed by atoms with van der Waals surface area (Å²) in [5.41, 5.74) is 1.04. The summed E-state index contributed by atoms with van der Waals surface area (Å²) >= 11 is 9.57. The van der Waals surface area contributed by atoms with Crippen molar-refractivity contribution in [3.63, 3.8) is 0 Å². The lowest BCUT2D eigenvalue weighted by molar-refractivity contribution is -0.139. The summed E-state index contributed by atoms with van der Waals surface area (Å²) in [6.45, 7) is 4.89. The van der Waals surface area contributed by atoms with E-state index in [-0.39, 0.29) is 29.1 Å². The number of amides is 2. The van der Waals surface area contributed by atoms with Gasteiger partial charge in [0.1, 0.15) is 12.6 Å². The lowest BCUT2D eigenvalue weighted by Crippen LogP contribution is -2.52. The van der Waals surface area contributed by atoms with Crippen molar-refractivity contribution in [3.05, 3.63) is 93.9 Å². The number of nitrogens with one attached hydrogen (secondary N) is 1. The predicted molar refractivity (Wildman–Crippen MR) is 150 cm³/mol. The fourth-order valence-electron chi connectivity index (χ4n) is 3.65. The van der Waals surface area contributed by atoms with E-state index in [0.717, 1.165) is 14.3 Å². The highest BCUT2D eigenvalue weighted by Gasteiger charge is 2.32. The Morgan fingerprint density at radius 2 is 1.59 bits per heavy atom. The van der Waals surface area contributed by atoms with Crippen LogP contribution in [0.2, 0.25) is 5.02 Å². The zero-order valence-corrected chi connectivity index (χ0v) is 23.9. The number of rotatable bonds is 10. The molecular formula is C27H29BrClN3O4S. The molecule has 0 bridgehead atoms. The van der Waals surface area contributed by atoms with Crippen molar-refractivity contribution in [1.82, 2.24) is 10.2 Å². The Hall–Kier alpha value is -2.88. The Labute approximate surface area is 231 Å². The van der Waals surface area contributed by atoms with Crippen LogP contribution in [-0.4, -0.2) is 43.8 Å². The van der Waals surface area contributed by atoms with Crippen molar-refractivity contribution in [2.24, 2.45) is 0 Å². The van der Waals surface area contributed by atoms with Gasteiger partial charge in [-0.2, -0.15) is 0 Å². The van der Waals surface area contributed by atoms with Gasteiger partial charge in [-0.1, -0.05) is 63.9 Å². The number of hydrogen-bond acceptors (Lipinski definition) is 4. The first kappa shape index (κ1) is 28.7. The molecule has 2 amide bonds. The van der Waals surface area contributed by atoms with Crippen molar-refractivity contribution in [2.45, 2.75) is 44.3 Å². The maximum atomic E-state index is 13.8. The van der Waals surface area contributed by atoms with Gasteiger partial charge in [-0.25, -0.2) is 8.42 Å².